The molecule has 0 aromatic carbocycles. The molecule has 0 saturated carbocycles. The molecule has 1 unspecified atom stereocenters. The van der Waals surface area contributed by atoms with Crippen LogP contribution in [0.2, 0.25) is 8.87 Å². The van der Waals surface area contributed by atoms with Crippen LogP contribution in [0, 0.1) is 0 Å². The van der Waals surface area contributed by atoms with Crippen molar-refractivity contribution in [3.8, 4) is 0 Å². The van der Waals surface area contributed by atoms with Crippen LogP contribution < -0.4 is 0 Å². The molecule has 31 heteroatoms. The average molecular weight is 1130 g/mol. The van der Waals surface area contributed by atoms with Crippen molar-refractivity contribution in [3.63, 3.8) is 0 Å². The first-order chi connectivity index (χ1) is 24.9. The van der Waals surface area contributed by atoms with E-state index in [0.29, 0.717) is 6.04 Å². The molecule has 57 heavy (non-hydrogen) atoms. The van der Waals surface area contributed by atoms with Crippen LogP contribution >= 0.6 is 25.4 Å². The van der Waals surface area contributed by atoms with E-state index in [-0.39, 0.29) is 0 Å². The van der Waals surface area contributed by atoms with E-state index < -0.39 is 107 Å². The van der Waals surface area contributed by atoms with E-state index in [1.54, 1.807) is 0 Å². The predicted octanol–water partition coefficient (Wildman–Crippen LogP) is 14.2. The third-order valence-corrected chi connectivity index (χ3v) is 24.2. The van der Waals surface area contributed by atoms with Crippen LogP contribution in [0.4, 0.5) is 114 Å². The molecule has 2 heterocycles. The number of piperidine rings is 1. The first-order valence-corrected chi connectivity index (χ1v) is 31.7. The van der Waals surface area contributed by atoms with Crippen molar-refractivity contribution in [2.24, 2.45) is 0 Å². The van der Waals surface area contributed by atoms with Gasteiger partial charge in [-0.2, -0.15) is 5.70 Å². The molecular weight excluding hydrogens is 1110 g/mol. The third kappa shape index (κ3) is 10.3. The van der Waals surface area contributed by atoms with Gasteiger partial charge in [0.25, 0.3) is 0 Å². The maximum absolute atomic E-state index is 13.9. The molecular formula is C26H22Br2F26N2Sn-2. The van der Waals surface area contributed by atoms with E-state index in [4.69, 9.17) is 0 Å². The fourth-order valence-electron chi connectivity index (χ4n) is 4.41. The summed E-state index contributed by atoms with van der Waals surface area (Å²) in [7, 11) is 0. The van der Waals surface area contributed by atoms with Gasteiger partial charge in [0.1, 0.15) is 0 Å². The molecule has 338 valence electrons. The summed E-state index contributed by atoms with van der Waals surface area (Å²) in [6, 6.07) is 0.406. The van der Waals surface area contributed by atoms with E-state index >= 15 is 0 Å². The number of allylic oxidation sites excluding steroid dienone is 2. The second-order valence-electron chi connectivity index (χ2n) is 12.1. The van der Waals surface area contributed by atoms with E-state index in [1.807, 2.05) is 0 Å². The zero-order chi connectivity index (χ0) is 45.6. The summed E-state index contributed by atoms with van der Waals surface area (Å²) in [6.45, 7) is 1.87. The molecule has 1 fully saturated rings. The van der Waals surface area contributed by atoms with Crippen molar-refractivity contribution < 1.29 is 114 Å². The fraction of sp³-hybridized carbons (Fsp3) is 0.846. The summed E-state index contributed by atoms with van der Waals surface area (Å²) in [4.78, 5) is 0. The van der Waals surface area contributed by atoms with Gasteiger partial charge in [0.2, 0.25) is 0 Å². The Balaban J connectivity index is 0.00000113. The van der Waals surface area contributed by atoms with E-state index in [0.717, 1.165) is 13.1 Å². The second-order valence-corrected chi connectivity index (χ2v) is 47.4. The van der Waals surface area contributed by atoms with E-state index in [1.165, 1.54) is 25.0 Å². The first kappa shape index (κ1) is 54.2. The number of rotatable bonds is 15. The average Bonchev–Trinajstić information content (AvgIpc) is 3.06. The van der Waals surface area contributed by atoms with Crippen LogP contribution in [-0.4, -0.2) is 105 Å². The summed E-state index contributed by atoms with van der Waals surface area (Å²) >= 11 is -1.67. The Bertz CT molecular complexity index is 1340. The molecule has 0 bridgehead atoms. The summed E-state index contributed by atoms with van der Waals surface area (Å²) in [5.41, 5.74) is 1.19. The van der Waals surface area contributed by atoms with Crippen molar-refractivity contribution in [3.05, 3.63) is 34.6 Å². The van der Waals surface area contributed by atoms with E-state index in [2.05, 4.69) is 54.3 Å². The molecule has 0 amide bonds. The first-order valence-electron chi connectivity index (χ1n) is 14.9. The minimum atomic E-state index is -8.32. The zero-order valence-corrected chi connectivity index (χ0v) is 33.2. The van der Waals surface area contributed by atoms with Gasteiger partial charge in [0.15, 0.2) is 0 Å². The molecule has 0 aromatic rings. The van der Waals surface area contributed by atoms with Crippen LogP contribution in [0.3, 0.4) is 0 Å². The predicted molar refractivity (Wildman–Crippen MR) is 155 cm³/mol. The number of halogens is 28. The van der Waals surface area contributed by atoms with Gasteiger partial charge in [-0.25, -0.2) is 0 Å². The van der Waals surface area contributed by atoms with Gasteiger partial charge in [0, 0.05) is 0 Å². The molecule has 0 aromatic heterocycles. The van der Waals surface area contributed by atoms with Crippen LogP contribution in [0.1, 0.15) is 32.1 Å². The van der Waals surface area contributed by atoms with Crippen LogP contribution in [0.15, 0.2) is 23.9 Å². The quantitative estimate of drug-likeness (QED) is 0.115. The van der Waals surface area contributed by atoms with Gasteiger partial charge in [-0.05, 0) is 0 Å². The third-order valence-electron chi connectivity index (χ3n) is 7.97. The normalized spacial score (nSPS) is 19.4. The van der Waals surface area contributed by atoms with Crippen LogP contribution in [0.5, 0.6) is 0 Å². The molecule has 2 aliphatic rings. The molecule has 0 spiro atoms. The summed E-state index contributed by atoms with van der Waals surface area (Å²) in [5, 5.41) is 8.99. The van der Waals surface area contributed by atoms with Gasteiger partial charge in [0.05, 0.1) is 0 Å². The van der Waals surface area contributed by atoms with Crippen molar-refractivity contribution in [1.82, 2.24) is 0 Å². The van der Waals surface area contributed by atoms with E-state index in [9.17, 15) is 114 Å². The van der Waals surface area contributed by atoms with Gasteiger partial charge in [-0.1, -0.05) is 31.4 Å². The standard InChI is InChI=1S/C10H14N2.2C8H4F13.2BrH.Sn/c1-3-7-11-9(5-1)10-6-2-4-8-12-10;2*1-2-3(9,10)4(11,12)5(13,14)6(15,16)7(17,18)8(19,20)21;;;/h1,3,5,10H,2,4,6-8H2;2*1-2H2;2*1H;/q-2;;;;;+2/p-2. The topological polar surface area (TPSA) is 28.2 Å². The number of nitrogens with zero attached hydrogens (tertiary/aromatic N) is 2. The SMILES string of the molecule is C1=CC[N-]C(C2CCCC[N-]2)=C1.FC(F)(F)C(F)(F)C(F)(F)C(F)(F)C(F)(F)C(F)(F)C[CH2][Sn]([Br])([Br])[CH2]CC(F)(F)C(F)(F)C(F)(F)C(F)(F)C(F)(F)C(F)(F)F. The Morgan fingerprint density at radius 3 is 1.14 bits per heavy atom. The molecule has 0 N–H and O–H groups in total. The van der Waals surface area contributed by atoms with Crippen molar-refractivity contribution in [2.45, 2.75) is 119 Å². The van der Waals surface area contributed by atoms with Gasteiger partial charge >= 0.3 is 247 Å². The Labute approximate surface area is 318 Å². The Kier molecular flexibility index (Phi) is 16.3. The van der Waals surface area contributed by atoms with Crippen LogP contribution in [0.25, 0.3) is 10.6 Å². The van der Waals surface area contributed by atoms with Crippen molar-refractivity contribution in [1.29, 1.82) is 0 Å². The monoisotopic (exact) mass is 1130 g/mol. The number of hydrogen-bond acceptors (Lipinski definition) is 0. The molecule has 1 saturated heterocycles. The summed E-state index contributed by atoms with van der Waals surface area (Å²) < 4.78 is 337. The van der Waals surface area contributed by atoms with Crippen molar-refractivity contribution in [2.75, 3.05) is 13.1 Å². The number of hydrogen-bond donors (Lipinski definition) is 0. The minimum absolute atomic E-state index is 0.406. The molecule has 2 aliphatic heterocycles. The zero-order valence-electron chi connectivity index (χ0n) is 27.2. The summed E-state index contributed by atoms with van der Waals surface area (Å²) in [6.07, 6.45) is -11.7. The van der Waals surface area contributed by atoms with Crippen LogP contribution in [-0.2, 0) is 0 Å². The fourth-order valence-corrected chi connectivity index (χ4v) is 14.3. The van der Waals surface area contributed by atoms with Gasteiger partial charge < -0.3 is 10.6 Å². The van der Waals surface area contributed by atoms with Crippen molar-refractivity contribution >= 4 is 39.3 Å². The Morgan fingerprint density at radius 1 is 0.509 bits per heavy atom. The van der Waals surface area contributed by atoms with Gasteiger partial charge in [-0.15, -0.1) is 25.2 Å². The Hall–Kier alpha value is -0.821. The number of alkyl halides is 26. The molecule has 0 radical (unpaired) electrons. The molecule has 1 atom stereocenters. The summed E-state index contributed by atoms with van der Waals surface area (Å²) in [5.74, 6) is -78.7. The maximum atomic E-state index is 13.9. The molecule has 2 nitrogen and oxygen atoms in total. The van der Waals surface area contributed by atoms with Gasteiger partial charge in [-0.3, -0.25) is 0 Å². The second kappa shape index (κ2) is 17.2. The molecule has 0 aliphatic carbocycles. The molecule has 2 rings (SSSR count). The Morgan fingerprint density at radius 2 is 0.860 bits per heavy atom.